The predicted octanol–water partition coefficient (Wildman–Crippen LogP) is 2.47. The number of nitrogens with one attached hydrogen (secondary N) is 1. The second-order valence-corrected chi connectivity index (χ2v) is 5.55. The van der Waals surface area contributed by atoms with Crippen LogP contribution >= 0.6 is 11.3 Å². The minimum atomic E-state index is 0.144. The van der Waals surface area contributed by atoms with Crippen molar-refractivity contribution >= 4 is 22.9 Å². The van der Waals surface area contributed by atoms with Crippen molar-refractivity contribution in [1.82, 2.24) is 9.88 Å². The second kappa shape index (κ2) is 5.40. The van der Waals surface area contributed by atoms with Crippen LogP contribution in [-0.4, -0.2) is 34.9 Å². The van der Waals surface area contributed by atoms with E-state index in [1.54, 1.807) is 6.20 Å². The molecule has 1 unspecified atom stereocenters. The Hall–Kier alpha value is -1.88. The highest BCUT2D eigenvalue weighted by atomic mass is 32.1. The number of nitrogens with zero attached hydrogens (tertiary/aromatic N) is 2. The standard InChI is InChI=1S/C14H15N3OS/c18-14(13-4-2-8-19-13)17-7-5-12(10-17)16-11-3-1-6-15-9-11/h1-4,6,8-9,12,16H,5,7,10H2. The van der Waals surface area contributed by atoms with Gasteiger partial charge < -0.3 is 10.2 Å². The van der Waals surface area contributed by atoms with Crippen LogP contribution in [0.2, 0.25) is 0 Å². The Kier molecular flexibility index (Phi) is 3.46. The topological polar surface area (TPSA) is 45.2 Å². The van der Waals surface area contributed by atoms with Crippen molar-refractivity contribution in [2.45, 2.75) is 12.5 Å². The summed E-state index contributed by atoms with van der Waals surface area (Å²) in [6.07, 6.45) is 4.54. The smallest absolute Gasteiger partial charge is 0.263 e. The van der Waals surface area contributed by atoms with E-state index in [0.717, 1.165) is 30.1 Å². The molecule has 3 rings (SSSR count). The van der Waals surface area contributed by atoms with E-state index in [1.165, 1.54) is 11.3 Å². The minimum absolute atomic E-state index is 0.144. The van der Waals surface area contributed by atoms with Gasteiger partial charge in [0.25, 0.3) is 5.91 Å². The summed E-state index contributed by atoms with van der Waals surface area (Å²) in [4.78, 5) is 19.0. The molecule has 98 valence electrons. The number of pyridine rings is 1. The lowest BCUT2D eigenvalue weighted by Gasteiger charge is -2.16. The summed E-state index contributed by atoms with van der Waals surface area (Å²) in [5.41, 5.74) is 1.01. The maximum atomic E-state index is 12.2. The van der Waals surface area contributed by atoms with Gasteiger partial charge in [-0.05, 0) is 30.0 Å². The minimum Gasteiger partial charge on any atom is -0.379 e. The van der Waals surface area contributed by atoms with Crippen LogP contribution in [0.1, 0.15) is 16.1 Å². The molecule has 0 bridgehead atoms. The van der Waals surface area contributed by atoms with Crippen molar-refractivity contribution in [2.75, 3.05) is 18.4 Å². The molecule has 5 heteroatoms. The normalized spacial score (nSPS) is 18.5. The van der Waals surface area contributed by atoms with Gasteiger partial charge >= 0.3 is 0 Å². The number of hydrogen-bond donors (Lipinski definition) is 1. The molecule has 1 aliphatic heterocycles. The Balaban J connectivity index is 1.60. The van der Waals surface area contributed by atoms with Crippen LogP contribution in [0.15, 0.2) is 42.0 Å². The van der Waals surface area contributed by atoms with Gasteiger partial charge in [-0.25, -0.2) is 0 Å². The van der Waals surface area contributed by atoms with E-state index in [4.69, 9.17) is 0 Å². The number of thiophene rings is 1. The van der Waals surface area contributed by atoms with Crippen molar-refractivity contribution in [3.05, 3.63) is 46.9 Å². The van der Waals surface area contributed by atoms with Gasteiger partial charge in [0.1, 0.15) is 0 Å². The molecule has 0 saturated carbocycles. The number of amides is 1. The van der Waals surface area contributed by atoms with Gasteiger partial charge in [-0.1, -0.05) is 6.07 Å². The quantitative estimate of drug-likeness (QED) is 0.934. The zero-order valence-electron chi connectivity index (χ0n) is 10.5. The van der Waals surface area contributed by atoms with E-state index < -0.39 is 0 Å². The molecule has 3 heterocycles. The lowest BCUT2D eigenvalue weighted by atomic mass is 10.2. The molecule has 2 aromatic rings. The Labute approximate surface area is 116 Å². The molecular formula is C14H15N3OS. The molecule has 1 fully saturated rings. The third-order valence-corrected chi connectivity index (χ3v) is 4.10. The zero-order valence-corrected chi connectivity index (χ0v) is 11.3. The molecule has 0 spiro atoms. The molecule has 2 aromatic heterocycles. The molecule has 1 atom stereocenters. The number of anilines is 1. The van der Waals surface area contributed by atoms with Gasteiger partial charge in [-0.3, -0.25) is 9.78 Å². The summed E-state index contributed by atoms with van der Waals surface area (Å²) in [6, 6.07) is 8.02. The second-order valence-electron chi connectivity index (χ2n) is 4.60. The average molecular weight is 273 g/mol. The number of likely N-dealkylation sites (tertiary alicyclic amines) is 1. The highest BCUT2D eigenvalue weighted by Gasteiger charge is 2.27. The van der Waals surface area contributed by atoms with Crippen molar-refractivity contribution in [1.29, 1.82) is 0 Å². The fraction of sp³-hybridized carbons (Fsp3) is 0.286. The Bertz CT molecular complexity index is 541. The summed E-state index contributed by atoms with van der Waals surface area (Å²) in [7, 11) is 0. The summed E-state index contributed by atoms with van der Waals surface area (Å²) in [5, 5.41) is 5.36. The summed E-state index contributed by atoms with van der Waals surface area (Å²) >= 11 is 1.50. The van der Waals surface area contributed by atoms with Crippen molar-refractivity contribution in [3.63, 3.8) is 0 Å². The first-order valence-corrected chi connectivity index (χ1v) is 7.20. The summed E-state index contributed by atoms with van der Waals surface area (Å²) in [5.74, 6) is 0.144. The van der Waals surface area contributed by atoms with Gasteiger partial charge in [0, 0.05) is 31.5 Å². The first-order valence-electron chi connectivity index (χ1n) is 6.32. The van der Waals surface area contributed by atoms with E-state index in [0.29, 0.717) is 6.04 Å². The van der Waals surface area contributed by atoms with E-state index in [-0.39, 0.29) is 5.91 Å². The number of hydrogen-bond acceptors (Lipinski definition) is 4. The Morgan fingerprint density at radius 2 is 2.37 bits per heavy atom. The van der Waals surface area contributed by atoms with Crippen molar-refractivity contribution in [3.8, 4) is 0 Å². The Morgan fingerprint density at radius 3 is 3.11 bits per heavy atom. The first kappa shape index (κ1) is 12.2. The molecule has 1 saturated heterocycles. The number of rotatable bonds is 3. The molecule has 0 radical (unpaired) electrons. The Morgan fingerprint density at radius 1 is 1.42 bits per heavy atom. The van der Waals surface area contributed by atoms with Crippen LogP contribution < -0.4 is 5.32 Å². The molecule has 0 aliphatic carbocycles. The molecule has 19 heavy (non-hydrogen) atoms. The van der Waals surface area contributed by atoms with Crippen LogP contribution in [0, 0.1) is 0 Å². The van der Waals surface area contributed by atoms with E-state index in [2.05, 4.69) is 10.3 Å². The van der Waals surface area contributed by atoms with E-state index in [1.807, 2.05) is 40.7 Å². The van der Waals surface area contributed by atoms with Gasteiger partial charge in [0.2, 0.25) is 0 Å². The SMILES string of the molecule is O=C(c1cccs1)N1CCC(Nc2cccnc2)C1. The summed E-state index contributed by atoms with van der Waals surface area (Å²) in [6.45, 7) is 1.57. The van der Waals surface area contributed by atoms with Gasteiger partial charge in [-0.2, -0.15) is 0 Å². The fourth-order valence-corrected chi connectivity index (χ4v) is 2.99. The average Bonchev–Trinajstić information content (AvgIpc) is 3.10. The van der Waals surface area contributed by atoms with Crippen LogP contribution in [0.4, 0.5) is 5.69 Å². The lowest BCUT2D eigenvalue weighted by Crippen LogP contribution is -2.31. The van der Waals surface area contributed by atoms with E-state index in [9.17, 15) is 4.79 Å². The largest absolute Gasteiger partial charge is 0.379 e. The maximum absolute atomic E-state index is 12.2. The fourth-order valence-electron chi connectivity index (χ4n) is 2.30. The van der Waals surface area contributed by atoms with E-state index >= 15 is 0 Å². The van der Waals surface area contributed by atoms with Crippen molar-refractivity contribution in [2.24, 2.45) is 0 Å². The van der Waals surface area contributed by atoms with Crippen LogP contribution in [-0.2, 0) is 0 Å². The summed E-state index contributed by atoms with van der Waals surface area (Å²) < 4.78 is 0. The van der Waals surface area contributed by atoms with Gasteiger partial charge in [0.15, 0.2) is 0 Å². The first-order chi connectivity index (χ1) is 9.33. The lowest BCUT2D eigenvalue weighted by molar-refractivity contribution is 0.0796. The molecule has 0 aromatic carbocycles. The number of carbonyl (C=O) groups is 1. The highest BCUT2D eigenvalue weighted by molar-refractivity contribution is 7.12. The van der Waals surface area contributed by atoms with Gasteiger partial charge in [-0.15, -0.1) is 11.3 Å². The third-order valence-electron chi connectivity index (χ3n) is 3.24. The van der Waals surface area contributed by atoms with Crippen LogP contribution in [0.25, 0.3) is 0 Å². The van der Waals surface area contributed by atoms with Gasteiger partial charge in [0.05, 0.1) is 10.6 Å². The highest BCUT2D eigenvalue weighted by Crippen LogP contribution is 2.19. The number of carbonyl (C=O) groups excluding carboxylic acids is 1. The van der Waals surface area contributed by atoms with Crippen LogP contribution in [0.5, 0.6) is 0 Å². The maximum Gasteiger partial charge on any atom is 0.263 e. The predicted molar refractivity (Wildman–Crippen MR) is 76.5 cm³/mol. The molecule has 4 nitrogen and oxygen atoms in total. The van der Waals surface area contributed by atoms with Crippen molar-refractivity contribution < 1.29 is 4.79 Å². The molecule has 1 N–H and O–H groups in total. The number of aromatic nitrogens is 1. The van der Waals surface area contributed by atoms with Crippen LogP contribution in [0.3, 0.4) is 0 Å². The monoisotopic (exact) mass is 273 g/mol. The molecule has 1 amide bonds. The molecular weight excluding hydrogens is 258 g/mol. The molecule has 1 aliphatic rings. The third kappa shape index (κ3) is 2.76. The zero-order chi connectivity index (χ0) is 13.1.